The maximum Gasteiger partial charge on any atom is 0.0294 e. The van der Waals surface area contributed by atoms with E-state index in [1.165, 1.54) is 36.3 Å². The molecule has 1 aliphatic carbocycles. The Morgan fingerprint density at radius 2 is 1.95 bits per heavy atom. The molecule has 110 valence electrons. The Balaban J connectivity index is 1.56. The van der Waals surface area contributed by atoms with Gasteiger partial charge in [0.25, 0.3) is 0 Å². The molecule has 3 atom stereocenters. The van der Waals surface area contributed by atoms with Crippen molar-refractivity contribution in [1.82, 2.24) is 10.2 Å². The van der Waals surface area contributed by atoms with Crippen LogP contribution in [0.4, 0.5) is 0 Å². The summed E-state index contributed by atoms with van der Waals surface area (Å²) in [6, 6.07) is 11.7. The molecule has 3 heteroatoms. The first-order chi connectivity index (χ1) is 9.67. The van der Waals surface area contributed by atoms with Gasteiger partial charge in [-0.1, -0.05) is 12.1 Å². The normalized spacial score (nSPS) is 28.8. The van der Waals surface area contributed by atoms with Crippen molar-refractivity contribution in [2.75, 3.05) is 12.8 Å². The third-order valence-corrected chi connectivity index (χ3v) is 5.48. The third-order valence-electron chi connectivity index (χ3n) is 4.74. The number of benzene rings is 1. The molecule has 3 unspecified atom stereocenters. The number of nitrogens with zero attached hydrogens (tertiary/aromatic N) is 1. The number of likely N-dealkylation sites (tertiary alicyclic amines) is 1. The molecular weight excluding hydrogens is 264 g/mol. The standard InChI is InChI=1S/C17H26N2S/c1-12-10-15(11-19(12)16-6-7-16)18-13(2)14-4-8-17(20-3)9-5-14/h4-5,8-9,12-13,15-16,18H,6-7,10-11H2,1-3H3. The van der Waals surface area contributed by atoms with Crippen LogP contribution in [0.1, 0.15) is 44.7 Å². The predicted octanol–water partition coefficient (Wildman–Crippen LogP) is 3.68. The van der Waals surface area contributed by atoms with Crippen LogP contribution >= 0.6 is 11.8 Å². The van der Waals surface area contributed by atoms with Gasteiger partial charge in [-0.3, -0.25) is 4.90 Å². The minimum atomic E-state index is 0.447. The first-order valence-electron chi connectivity index (χ1n) is 7.83. The molecule has 3 rings (SSSR count). The molecule has 0 spiro atoms. The average Bonchev–Trinajstić information content (AvgIpc) is 3.23. The molecule has 2 fully saturated rings. The average molecular weight is 290 g/mol. The van der Waals surface area contributed by atoms with Crippen molar-refractivity contribution in [3.8, 4) is 0 Å². The molecule has 1 N–H and O–H groups in total. The van der Waals surface area contributed by atoms with E-state index in [4.69, 9.17) is 0 Å². The fourth-order valence-electron chi connectivity index (χ4n) is 3.43. The highest BCUT2D eigenvalue weighted by atomic mass is 32.2. The summed E-state index contributed by atoms with van der Waals surface area (Å²) >= 11 is 1.81. The van der Waals surface area contributed by atoms with E-state index in [1.54, 1.807) is 11.8 Å². The number of nitrogens with one attached hydrogen (secondary N) is 1. The van der Waals surface area contributed by atoms with Gasteiger partial charge in [-0.05, 0) is 57.1 Å². The van der Waals surface area contributed by atoms with Gasteiger partial charge in [-0.25, -0.2) is 0 Å². The lowest BCUT2D eigenvalue weighted by molar-refractivity contribution is 0.254. The molecule has 20 heavy (non-hydrogen) atoms. The number of thioether (sulfide) groups is 1. The maximum atomic E-state index is 3.83. The van der Waals surface area contributed by atoms with Crippen molar-refractivity contribution < 1.29 is 0 Å². The van der Waals surface area contributed by atoms with E-state index in [9.17, 15) is 0 Å². The van der Waals surface area contributed by atoms with Crippen molar-refractivity contribution in [2.24, 2.45) is 0 Å². The molecule has 1 aromatic rings. The molecule has 2 aliphatic rings. The number of hydrogen-bond acceptors (Lipinski definition) is 3. The molecule has 0 aromatic heterocycles. The molecule has 1 saturated heterocycles. The first kappa shape index (κ1) is 14.4. The van der Waals surface area contributed by atoms with E-state index in [1.807, 2.05) is 0 Å². The predicted molar refractivity (Wildman–Crippen MR) is 87.4 cm³/mol. The van der Waals surface area contributed by atoms with E-state index in [-0.39, 0.29) is 0 Å². The molecule has 1 aliphatic heterocycles. The number of hydrogen-bond donors (Lipinski definition) is 1. The maximum absolute atomic E-state index is 3.83. The summed E-state index contributed by atoms with van der Waals surface area (Å²) in [5.41, 5.74) is 1.40. The van der Waals surface area contributed by atoms with Crippen LogP contribution in [-0.2, 0) is 0 Å². The van der Waals surface area contributed by atoms with Gasteiger partial charge in [-0.15, -0.1) is 11.8 Å². The van der Waals surface area contributed by atoms with Crippen molar-refractivity contribution >= 4 is 11.8 Å². The Kier molecular flexibility index (Phi) is 4.39. The van der Waals surface area contributed by atoms with Gasteiger partial charge < -0.3 is 5.32 Å². The SMILES string of the molecule is CSc1ccc(C(C)NC2CC(C)N(C3CC3)C2)cc1. The monoisotopic (exact) mass is 290 g/mol. The smallest absolute Gasteiger partial charge is 0.0294 e. The van der Waals surface area contributed by atoms with Crippen molar-refractivity contribution in [2.45, 2.75) is 62.2 Å². The molecule has 2 nitrogen and oxygen atoms in total. The van der Waals surface area contributed by atoms with Crippen molar-refractivity contribution in [3.63, 3.8) is 0 Å². The van der Waals surface area contributed by atoms with Gasteiger partial charge in [0.2, 0.25) is 0 Å². The van der Waals surface area contributed by atoms with Gasteiger partial charge in [0, 0.05) is 35.6 Å². The molecule has 1 saturated carbocycles. The first-order valence-corrected chi connectivity index (χ1v) is 9.05. The molecule has 1 heterocycles. The molecule has 0 amide bonds. The Hall–Kier alpha value is -0.510. The zero-order valence-corrected chi connectivity index (χ0v) is 13.6. The van der Waals surface area contributed by atoms with Crippen LogP contribution in [-0.4, -0.2) is 35.8 Å². The fraction of sp³-hybridized carbons (Fsp3) is 0.647. The Labute approximate surface area is 127 Å². The number of rotatable bonds is 5. The lowest BCUT2D eigenvalue weighted by Crippen LogP contribution is -2.35. The highest BCUT2D eigenvalue weighted by Gasteiger charge is 2.38. The van der Waals surface area contributed by atoms with Crippen LogP contribution in [0.2, 0.25) is 0 Å². The lowest BCUT2D eigenvalue weighted by atomic mass is 10.1. The summed E-state index contributed by atoms with van der Waals surface area (Å²) in [6.07, 6.45) is 6.26. The van der Waals surface area contributed by atoms with Crippen LogP contribution in [0, 0.1) is 0 Å². The van der Waals surface area contributed by atoms with E-state index >= 15 is 0 Å². The summed E-state index contributed by atoms with van der Waals surface area (Å²) in [7, 11) is 0. The molecule has 0 radical (unpaired) electrons. The van der Waals surface area contributed by atoms with E-state index in [0.717, 1.165) is 12.1 Å². The van der Waals surface area contributed by atoms with Crippen molar-refractivity contribution in [3.05, 3.63) is 29.8 Å². The quantitative estimate of drug-likeness (QED) is 0.833. The minimum Gasteiger partial charge on any atom is -0.306 e. The Bertz CT molecular complexity index is 441. The van der Waals surface area contributed by atoms with Crippen LogP contribution < -0.4 is 5.32 Å². The fourth-order valence-corrected chi connectivity index (χ4v) is 3.84. The van der Waals surface area contributed by atoms with E-state index < -0.39 is 0 Å². The van der Waals surface area contributed by atoms with Crippen molar-refractivity contribution in [1.29, 1.82) is 0 Å². The van der Waals surface area contributed by atoms with Gasteiger partial charge in [0.15, 0.2) is 0 Å². The summed E-state index contributed by atoms with van der Waals surface area (Å²) in [5, 5.41) is 3.83. The van der Waals surface area contributed by atoms with Gasteiger partial charge in [0.05, 0.1) is 0 Å². The lowest BCUT2D eigenvalue weighted by Gasteiger charge is -2.21. The second kappa shape index (κ2) is 6.08. The minimum absolute atomic E-state index is 0.447. The summed E-state index contributed by atoms with van der Waals surface area (Å²) in [5.74, 6) is 0. The second-order valence-electron chi connectivity index (χ2n) is 6.37. The van der Waals surface area contributed by atoms with Crippen LogP contribution in [0.5, 0.6) is 0 Å². The van der Waals surface area contributed by atoms with E-state index in [0.29, 0.717) is 12.1 Å². The molecular formula is C17H26N2S. The second-order valence-corrected chi connectivity index (χ2v) is 7.25. The topological polar surface area (TPSA) is 15.3 Å². The molecule has 1 aromatic carbocycles. The highest BCUT2D eigenvalue weighted by molar-refractivity contribution is 7.98. The van der Waals surface area contributed by atoms with Gasteiger partial charge >= 0.3 is 0 Å². The van der Waals surface area contributed by atoms with Crippen LogP contribution in [0.15, 0.2) is 29.2 Å². The highest BCUT2D eigenvalue weighted by Crippen LogP contribution is 2.33. The van der Waals surface area contributed by atoms with Gasteiger partial charge in [-0.2, -0.15) is 0 Å². The van der Waals surface area contributed by atoms with Crippen LogP contribution in [0.25, 0.3) is 0 Å². The molecule has 0 bridgehead atoms. The summed E-state index contributed by atoms with van der Waals surface area (Å²) < 4.78 is 0. The van der Waals surface area contributed by atoms with E-state index in [2.05, 4.69) is 54.6 Å². The summed E-state index contributed by atoms with van der Waals surface area (Å²) in [6.45, 7) is 5.91. The van der Waals surface area contributed by atoms with Crippen LogP contribution in [0.3, 0.4) is 0 Å². The van der Waals surface area contributed by atoms with Gasteiger partial charge in [0.1, 0.15) is 0 Å². The largest absolute Gasteiger partial charge is 0.306 e. The summed E-state index contributed by atoms with van der Waals surface area (Å²) in [4.78, 5) is 4.05. The zero-order chi connectivity index (χ0) is 14.1. The Morgan fingerprint density at radius 3 is 2.55 bits per heavy atom. The zero-order valence-electron chi connectivity index (χ0n) is 12.8. The third kappa shape index (κ3) is 3.21. The Morgan fingerprint density at radius 1 is 1.25 bits per heavy atom.